The molecule has 0 amide bonds. The first-order chi connectivity index (χ1) is 14.5. The number of carbonyl (C=O) groups is 2. The molecule has 2 heterocycles. The van der Waals surface area contributed by atoms with Gasteiger partial charge < -0.3 is 9.47 Å². The molecule has 0 bridgehead atoms. The minimum Gasteiger partial charge on any atom is -0.462 e. The lowest BCUT2D eigenvalue weighted by molar-refractivity contribution is -0.384. The van der Waals surface area contributed by atoms with Gasteiger partial charge in [-0.2, -0.15) is 0 Å². The molecule has 158 valence electrons. The molecule has 4 rings (SSSR count). The van der Waals surface area contributed by atoms with Gasteiger partial charge >= 0.3 is 5.97 Å². The summed E-state index contributed by atoms with van der Waals surface area (Å²) in [5, 5.41) is 11.0. The van der Waals surface area contributed by atoms with Gasteiger partial charge in [-0.15, -0.1) is 0 Å². The molecule has 1 saturated heterocycles. The van der Waals surface area contributed by atoms with Crippen LogP contribution in [0.4, 0.5) is 5.69 Å². The molecule has 0 radical (unpaired) electrons. The van der Waals surface area contributed by atoms with Crippen LogP contribution in [-0.4, -0.2) is 41.7 Å². The number of esters is 1. The van der Waals surface area contributed by atoms with Gasteiger partial charge in [-0.25, -0.2) is 0 Å². The Morgan fingerprint density at radius 3 is 2.70 bits per heavy atom. The van der Waals surface area contributed by atoms with Gasteiger partial charge in [0.2, 0.25) is 0 Å². The Morgan fingerprint density at radius 2 is 2.03 bits per heavy atom. The second-order valence-electron chi connectivity index (χ2n) is 7.96. The van der Waals surface area contributed by atoms with Crippen LogP contribution in [0.1, 0.15) is 50.5 Å². The van der Waals surface area contributed by atoms with Crippen molar-refractivity contribution in [2.45, 2.75) is 51.0 Å². The second-order valence-corrected chi connectivity index (χ2v) is 7.96. The van der Waals surface area contributed by atoms with Crippen LogP contribution >= 0.6 is 0 Å². The number of nitrogens with zero attached hydrogens (tertiary/aromatic N) is 2. The lowest BCUT2D eigenvalue weighted by Gasteiger charge is -2.34. The number of rotatable bonds is 5. The summed E-state index contributed by atoms with van der Waals surface area (Å²) >= 11 is 0. The number of nitro benzene ring substituents is 1. The maximum atomic E-state index is 13.1. The zero-order chi connectivity index (χ0) is 21.3. The summed E-state index contributed by atoms with van der Waals surface area (Å²) in [5.41, 5.74) is 2.50. The van der Waals surface area contributed by atoms with Crippen molar-refractivity contribution in [3.05, 3.63) is 51.2 Å². The topological polar surface area (TPSA) is 108 Å². The molecule has 0 spiro atoms. The van der Waals surface area contributed by atoms with Crippen LogP contribution in [0.15, 0.2) is 40.5 Å². The fourth-order valence-corrected chi connectivity index (χ4v) is 4.52. The quantitative estimate of drug-likeness (QED) is 0.416. The SMILES string of the molecule is CC1=NC2=C(C(=O)CCC2)[C@H](c2ccc([N+](=O)[O-])cc2)C1C(=O)OC[C@H]1CCCO1. The Hall–Kier alpha value is -2.87. The van der Waals surface area contributed by atoms with Gasteiger partial charge in [0.15, 0.2) is 5.78 Å². The molecule has 1 aromatic rings. The number of hydrogen-bond acceptors (Lipinski definition) is 7. The van der Waals surface area contributed by atoms with Crippen molar-refractivity contribution in [3.63, 3.8) is 0 Å². The van der Waals surface area contributed by atoms with Gasteiger partial charge in [0.05, 0.1) is 11.0 Å². The Labute approximate surface area is 174 Å². The van der Waals surface area contributed by atoms with Gasteiger partial charge in [-0.3, -0.25) is 24.7 Å². The Morgan fingerprint density at radius 1 is 1.27 bits per heavy atom. The van der Waals surface area contributed by atoms with Crippen molar-refractivity contribution in [3.8, 4) is 0 Å². The van der Waals surface area contributed by atoms with Gasteiger partial charge in [0, 0.05) is 48.1 Å². The van der Waals surface area contributed by atoms with Crippen LogP contribution in [0.25, 0.3) is 0 Å². The van der Waals surface area contributed by atoms with E-state index < -0.39 is 22.7 Å². The van der Waals surface area contributed by atoms with Crippen LogP contribution in [0.3, 0.4) is 0 Å². The molecular formula is C22H24N2O6. The number of benzene rings is 1. The van der Waals surface area contributed by atoms with Crippen LogP contribution < -0.4 is 0 Å². The monoisotopic (exact) mass is 412 g/mol. The minimum atomic E-state index is -0.742. The van der Waals surface area contributed by atoms with Crippen molar-refractivity contribution in [1.29, 1.82) is 0 Å². The minimum absolute atomic E-state index is 0.0206. The number of carbonyl (C=O) groups excluding carboxylic acids is 2. The third-order valence-electron chi connectivity index (χ3n) is 5.99. The number of hydrogen-bond donors (Lipinski definition) is 0. The number of Topliss-reactive ketones (excluding diaryl/α,β-unsaturated/α-hetero) is 1. The molecule has 8 heteroatoms. The van der Waals surface area contributed by atoms with E-state index in [0.717, 1.165) is 25.0 Å². The van der Waals surface area contributed by atoms with Crippen molar-refractivity contribution < 1.29 is 24.0 Å². The van der Waals surface area contributed by atoms with E-state index in [4.69, 9.17) is 9.47 Å². The molecular weight excluding hydrogens is 388 g/mol. The molecule has 0 aromatic heterocycles. The molecule has 1 fully saturated rings. The summed E-state index contributed by atoms with van der Waals surface area (Å²) in [4.78, 5) is 41.1. The Kier molecular flexibility index (Phi) is 5.76. The van der Waals surface area contributed by atoms with Crippen molar-refractivity contribution in [2.24, 2.45) is 10.9 Å². The van der Waals surface area contributed by atoms with E-state index in [9.17, 15) is 19.7 Å². The zero-order valence-electron chi connectivity index (χ0n) is 16.8. The van der Waals surface area contributed by atoms with Crippen LogP contribution in [0.2, 0.25) is 0 Å². The molecule has 30 heavy (non-hydrogen) atoms. The fourth-order valence-electron chi connectivity index (χ4n) is 4.52. The smallest absolute Gasteiger partial charge is 0.315 e. The van der Waals surface area contributed by atoms with Gasteiger partial charge in [0.1, 0.15) is 12.5 Å². The first-order valence-corrected chi connectivity index (χ1v) is 10.3. The lowest BCUT2D eigenvalue weighted by Crippen LogP contribution is -2.38. The van der Waals surface area contributed by atoms with E-state index in [1.165, 1.54) is 12.1 Å². The van der Waals surface area contributed by atoms with E-state index in [1.807, 2.05) is 0 Å². The summed E-state index contributed by atoms with van der Waals surface area (Å²) in [6, 6.07) is 6.04. The number of nitro groups is 1. The van der Waals surface area contributed by atoms with E-state index >= 15 is 0 Å². The first kappa shape index (κ1) is 20.4. The molecule has 1 aromatic carbocycles. The molecule has 0 saturated carbocycles. The summed E-state index contributed by atoms with van der Waals surface area (Å²) in [6.45, 7) is 2.62. The number of aliphatic imine (C=N–C) groups is 1. The number of allylic oxidation sites excluding steroid dienone is 2. The number of ketones is 1. The van der Waals surface area contributed by atoms with E-state index in [2.05, 4.69) is 4.99 Å². The van der Waals surface area contributed by atoms with E-state index in [-0.39, 0.29) is 24.2 Å². The Balaban J connectivity index is 1.68. The molecule has 0 N–H and O–H groups in total. The third kappa shape index (κ3) is 3.92. The maximum absolute atomic E-state index is 13.1. The summed E-state index contributed by atoms with van der Waals surface area (Å²) in [6.07, 6.45) is 3.52. The van der Waals surface area contributed by atoms with Crippen molar-refractivity contribution in [1.82, 2.24) is 0 Å². The summed E-state index contributed by atoms with van der Waals surface area (Å²) < 4.78 is 11.1. The normalized spacial score (nSPS) is 26.2. The highest BCUT2D eigenvalue weighted by Crippen LogP contribution is 2.43. The number of non-ortho nitro benzene ring substituents is 1. The average molecular weight is 412 g/mol. The standard InChI is InChI=1S/C22H24N2O6/c1-13-19(22(26)30-12-16-4-3-11-29-16)20(14-7-9-15(10-8-14)24(27)28)21-17(23-13)5-2-6-18(21)25/h7-10,16,19-20H,2-6,11-12H2,1H3/t16-,19?,20-/m1/s1. The predicted molar refractivity (Wildman–Crippen MR) is 108 cm³/mol. The lowest BCUT2D eigenvalue weighted by atomic mass is 9.72. The maximum Gasteiger partial charge on any atom is 0.315 e. The summed E-state index contributed by atoms with van der Waals surface area (Å²) in [5.74, 6) is -1.76. The predicted octanol–water partition coefficient (Wildman–Crippen LogP) is 3.50. The van der Waals surface area contributed by atoms with Gasteiger partial charge in [-0.1, -0.05) is 12.1 Å². The van der Waals surface area contributed by atoms with Crippen molar-refractivity contribution >= 4 is 23.2 Å². The average Bonchev–Trinajstić information content (AvgIpc) is 3.25. The number of ether oxygens (including phenoxy) is 2. The summed E-state index contributed by atoms with van der Waals surface area (Å²) in [7, 11) is 0. The van der Waals surface area contributed by atoms with Crippen LogP contribution in [0, 0.1) is 16.0 Å². The molecule has 2 aliphatic heterocycles. The molecule has 1 aliphatic carbocycles. The molecule has 8 nitrogen and oxygen atoms in total. The van der Waals surface area contributed by atoms with E-state index in [1.54, 1.807) is 19.1 Å². The molecule has 1 unspecified atom stereocenters. The molecule has 3 aliphatic rings. The fraction of sp³-hybridized carbons (Fsp3) is 0.500. The first-order valence-electron chi connectivity index (χ1n) is 10.3. The van der Waals surface area contributed by atoms with Gasteiger partial charge in [-0.05, 0) is 38.2 Å². The second kappa shape index (κ2) is 8.47. The highest BCUT2D eigenvalue weighted by Gasteiger charge is 2.43. The van der Waals surface area contributed by atoms with Gasteiger partial charge in [0.25, 0.3) is 5.69 Å². The Bertz CT molecular complexity index is 927. The highest BCUT2D eigenvalue weighted by molar-refractivity contribution is 6.08. The molecule has 3 atom stereocenters. The highest BCUT2D eigenvalue weighted by atomic mass is 16.6. The van der Waals surface area contributed by atoms with Crippen LogP contribution in [0.5, 0.6) is 0 Å². The largest absolute Gasteiger partial charge is 0.462 e. The van der Waals surface area contributed by atoms with Crippen molar-refractivity contribution in [2.75, 3.05) is 13.2 Å². The van der Waals surface area contributed by atoms with E-state index in [0.29, 0.717) is 36.3 Å². The zero-order valence-corrected chi connectivity index (χ0v) is 16.8. The van der Waals surface area contributed by atoms with Crippen LogP contribution in [-0.2, 0) is 19.1 Å². The third-order valence-corrected chi connectivity index (χ3v) is 5.99.